The van der Waals surface area contributed by atoms with Crippen molar-refractivity contribution in [3.8, 4) is 0 Å². The second kappa shape index (κ2) is 7.09. The Hall–Kier alpha value is -2.27. The van der Waals surface area contributed by atoms with E-state index in [2.05, 4.69) is 4.98 Å². The molecule has 0 radical (unpaired) electrons. The van der Waals surface area contributed by atoms with Gasteiger partial charge in [-0.15, -0.1) is 0 Å². The van der Waals surface area contributed by atoms with Gasteiger partial charge in [-0.25, -0.2) is 4.98 Å². The largest absolute Gasteiger partial charge is 0.340 e. The molecule has 3 rings (SSSR count). The number of nitrogens with zero attached hydrogens (tertiary/aromatic N) is 3. The maximum atomic E-state index is 12.6. The van der Waals surface area contributed by atoms with Crippen LogP contribution in [0.5, 0.6) is 0 Å². The van der Waals surface area contributed by atoms with Crippen molar-refractivity contribution in [1.29, 1.82) is 0 Å². The third kappa shape index (κ3) is 3.46. The SMILES string of the molecule is CC(Sc1nc2ccccc2n1C)C(=O)N(C)Cc1ccccc1. The summed E-state index contributed by atoms with van der Waals surface area (Å²) in [6.45, 7) is 2.56. The van der Waals surface area contributed by atoms with E-state index in [1.807, 2.05) is 80.2 Å². The molecule has 0 fully saturated rings. The molecule has 0 bridgehead atoms. The molecule has 0 aliphatic heterocycles. The quantitative estimate of drug-likeness (QED) is 0.665. The van der Waals surface area contributed by atoms with Crippen molar-refractivity contribution in [2.75, 3.05) is 7.05 Å². The molecule has 1 heterocycles. The monoisotopic (exact) mass is 339 g/mol. The Kier molecular flexibility index (Phi) is 4.90. The maximum Gasteiger partial charge on any atom is 0.235 e. The zero-order valence-electron chi connectivity index (χ0n) is 14.1. The highest BCUT2D eigenvalue weighted by Gasteiger charge is 2.21. The van der Waals surface area contributed by atoms with Gasteiger partial charge in [-0.1, -0.05) is 54.2 Å². The Labute approximate surface area is 146 Å². The number of imidazole rings is 1. The normalized spacial score (nSPS) is 12.3. The van der Waals surface area contributed by atoms with Crippen LogP contribution in [0.15, 0.2) is 59.8 Å². The summed E-state index contributed by atoms with van der Waals surface area (Å²) in [7, 11) is 3.84. The van der Waals surface area contributed by atoms with Crippen molar-refractivity contribution >= 4 is 28.7 Å². The van der Waals surface area contributed by atoms with E-state index in [-0.39, 0.29) is 11.2 Å². The first-order chi connectivity index (χ1) is 11.6. The van der Waals surface area contributed by atoms with Crippen LogP contribution in [0.1, 0.15) is 12.5 Å². The zero-order valence-corrected chi connectivity index (χ0v) is 15.0. The number of aryl methyl sites for hydroxylation is 1. The van der Waals surface area contributed by atoms with Gasteiger partial charge in [-0.3, -0.25) is 4.79 Å². The summed E-state index contributed by atoms with van der Waals surface area (Å²) in [6.07, 6.45) is 0. The maximum absolute atomic E-state index is 12.6. The lowest BCUT2D eigenvalue weighted by molar-refractivity contribution is -0.129. The van der Waals surface area contributed by atoms with Crippen LogP contribution in [0, 0.1) is 0 Å². The molecule has 124 valence electrons. The smallest absolute Gasteiger partial charge is 0.235 e. The highest BCUT2D eigenvalue weighted by molar-refractivity contribution is 8.00. The molecule has 1 unspecified atom stereocenters. The molecule has 5 heteroatoms. The van der Waals surface area contributed by atoms with Gasteiger partial charge in [0, 0.05) is 20.6 Å². The molecule has 24 heavy (non-hydrogen) atoms. The van der Waals surface area contributed by atoms with Gasteiger partial charge in [0.05, 0.1) is 16.3 Å². The van der Waals surface area contributed by atoms with Gasteiger partial charge in [-0.05, 0) is 24.6 Å². The summed E-state index contributed by atoms with van der Waals surface area (Å²) in [5.41, 5.74) is 3.17. The Bertz CT molecular complexity index is 844. The number of carbonyl (C=O) groups excluding carboxylic acids is 1. The number of thioether (sulfide) groups is 1. The predicted octanol–water partition coefficient (Wildman–Crippen LogP) is 3.71. The van der Waals surface area contributed by atoms with Crippen LogP contribution in [0.2, 0.25) is 0 Å². The molecule has 2 aromatic carbocycles. The lowest BCUT2D eigenvalue weighted by Gasteiger charge is -2.21. The van der Waals surface area contributed by atoms with Gasteiger partial charge in [0.25, 0.3) is 0 Å². The molecule has 0 saturated carbocycles. The first-order valence-corrected chi connectivity index (χ1v) is 8.81. The van der Waals surface area contributed by atoms with Crippen LogP contribution >= 0.6 is 11.8 Å². The van der Waals surface area contributed by atoms with Crippen LogP contribution < -0.4 is 0 Å². The topological polar surface area (TPSA) is 38.1 Å². The van der Waals surface area contributed by atoms with E-state index in [1.165, 1.54) is 11.8 Å². The molecule has 3 aromatic rings. The minimum absolute atomic E-state index is 0.107. The number of fused-ring (bicyclic) bond motifs is 1. The summed E-state index contributed by atoms with van der Waals surface area (Å²) < 4.78 is 2.04. The van der Waals surface area contributed by atoms with Gasteiger partial charge in [0.15, 0.2) is 5.16 Å². The van der Waals surface area contributed by atoms with E-state index >= 15 is 0 Å². The number of amides is 1. The fourth-order valence-electron chi connectivity index (χ4n) is 2.68. The van der Waals surface area contributed by atoms with Gasteiger partial charge >= 0.3 is 0 Å². The molecule has 0 saturated heterocycles. The van der Waals surface area contributed by atoms with Crippen molar-refractivity contribution in [3.63, 3.8) is 0 Å². The fourth-order valence-corrected chi connectivity index (χ4v) is 3.69. The second-order valence-electron chi connectivity index (χ2n) is 5.88. The summed E-state index contributed by atoms with van der Waals surface area (Å²) in [5, 5.41) is 0.680. The van der Waals surface area contributed by atoms with E-state index in [0.717, 1.165) is 21.8 Å². The van der Waals surface area contributed by atoms with E-state index in [4.69, 9.17) is 0 Å². The highest BCUT2D eigenvalue weighted by atomic mass is 32.2. The van der Waals surface area contributed by atoms with Crippen molar-refractivity contribution in [3.05, 3.63) is 60.2 Å². The van der Waals surface area contributed by atoms with Crippen LogP contribution in [-0.2, 0) is 18.4 Å². The minimum atomic E-state index is -0.186. The summed E-state index contributed by atoms with van der Waals surface area (Å²) in [5.74, 6) is 0.107. The highest BCUT2D eigenvalue weighted by Crippen LogP contribution is 2.27. The van der Waals surface area contributed by atoms with Gasteiger partial charge < -0.3 is 9.47 Å². The first kappa shape index (κ1) is 16.6. The van der Waals surface area contributed by atoms with Crippen molar-refractivity contribution in [2.24, 2.45) is 7.05 Å². The summed E-state index contributed by atoms with van der Waals surface area (Å²) >= 11 is 1.50. The molecule has 4 nitrogen and oxygen atoms in total. The van der Waals surface area contributed by atoms with E-state index < -0.39 is 0 Å². The summed E-state index contributed by atoms with van der Waals surface area (Å²) in [6, 6.07) is 18.0. The van der Waals surface area contributed by atoms with Crippen LogP contribution in [0.3, 0.4) is 0 Å². The standard InChI is InChI=1S/C19H21N3OS/c1-14(18(23)21(2)13-15-9-5-4-6-10-15)24-19-20-16-11-7-8-12-17(16)22(19)3/h4-12,14H,13H2,1-3H3. The Morgan fingerprint density at radius 2 is 1.83 bits per heavy atom. The van der Waals surface area contributed by atoms with E-state index in [9.17, 15) is 4.79 Å². The molecular formula is C19H21N3OS. The van der Waals surface area contributed by atoms with E-state index in [0.29, 0.717) is 6.54 Å². The minimum Gasteiger partial charge on any atom is -0.340 e. The molecule has 1 amide bonds. The molecule has 0 aliphatic rings. The molecule has 1 atom stereocenters. The number of aromatic nitrogens is 2. The van der Waals surface area contributed by atoms with Gasteiger partial charge in [0.1, 0.15) is 0 Å². The Morgan fingerprint density at radius 3 is 2.54 bits per heavy atom. The number of hydrogen-bond acceptors (Lipinski definition) is 3. The fraction of sp³-hybridized carbons (Fsp3) is 0.263. The molecule has 1 aromatic heterocycles. The average molecular weight is 339 g/mol. The predicted molar refractivity (Wildman–Crippen MR) is 98.9 cm³/mol. The average Bonchev–Trinajstić information content (AvgIpc) is 2.91. The number of hydrogen-bond donors (Lipinski definition) is 0. The van der Waals surface area contributed by atoms with Gasteiger partial charge in [0.2, 0.25) is 5.91 Å². The molecule has 0 N–H and O–H groups in total. The van der Waals surface area contributed by atoms with Crippen molar-refractivity contribution < 1.29 is 4.79 Å². The van der Waals surface area contributed by atoms with Gasteiger partial charge in [-0.2, -0.15) is 0 Å². The van der Waals surface area contributed by atoms with Crippen LogP contribution in [0.4, 0.5) is 0 Å². The molecule has 0 spiro atoms. The number of carbonyl (C=O) groups is 1. The number of rotatable bonds is 5. The Balaban J connectivity index is 1.70. The van der Waals surface area contributed by atoms with Crippen LogP contribution in [-0.4, -0.2) is 32.7 Å². The van der Waals surface area contributed by atoms with E-state index in [1.54, 1.807) is 4.90 Å². The van der Waals surface area contributed by atoms with Crippen molar-refractivity contribution in [2.45, 2.75) is 23.9 Å². The molecular weight excluding hydrogens is 318 g/mol. The third-order valence-corrected chi connectivity index (χ3v) is 5.15. The number of benzene rings is 2. The lowest BCUT2D eigenvalue weighted by atomic mass is 10.2. The first-order valence-electron chi connectivity index (χ1n) is 7.93. The lowest BCUT2D eigenvalue weighted by Crippen LogP contribution is -2.32. The number of para-hydroxylation sites is 2. The molecule has 0 aliphatic carbocycles. The Morgan fingerprint density at radius 1 is 1.17 bits per heavy atom. The second-order valence-corrected chi connectivity index (χ2v) is 7.19. The summed E-state index contributed by atoms with van der Waals surface area (Å²) in [4.78, 5) is 19.1. The van der Waals surface area contributed by atoms with Crippen LogP contribution in [0.25, 0.3) is 11.0 Å². The van der Waals surface area contributed by atoms with Crippen molar-refractivity contribution in [1.82, 2.24) is 14.5 Å². The third-order valence-electron chi connectivity index (χ3n) is 4.01. The zero-order chi connectivity index (χ0) is 17.1.